The van der Waals surface area contributed by atoms with Gasteiger partial charge in [-0.15, -0.1) is 0 Å². The second-order valence-electron chi connectivity index (χ2n) is 7.48. The predicted octanol–water partition coefficient (Wildman–Crippen LogP) is 4.15. The highest BCUT2D eigenvalue weighted by atomic mass is 16.5. The fourth-order valence-corrected chi connectivity index (χ4v) is 3.72. The molecule has 30 heavy (non-hydrogen) atoms. The van der Waals surface area contributed by atoms with E-state index in [1.807, 2.05) is 49.4 Å². The van der Waals surface area contributed by atoms with E-state index in [-0.39, 0.29) is 5.91 Å². The molecule has 1 unspecified atom stereocenters. The van der Waals surface area contributed by atoms with E-state index in [4.69, 9.17) is 9.47 Å². The number of ether oxygens (including phenoxy) is 2. The number of carbonyl (C=O) groups is 1. The molecule has 3 aromatic rings. The molecular formula is C25H28N2O3. The van der Waals surface area contributed by atoms with Crippen LogP contribution in [0, 0.1) is 0 Å². The summed E-state index contributed by atoms with van der Waals surface area (Å²) >= 11 is 0. The van der Waals surface area contributed by atoms with Gasteiger partial charge in [-0.2, -0.15) is 0 Å². The van der Waals surface area contributed by atoms with Crippen LogP contribution in [0.25, 0.3) is 10.8 Å². The number of amides is 1. The van der Waals surface area contributed by atoms with Crippen LogP contribution in [0.1, 0.15) is 18.9 Å². The number of benzene rings is 3. The maximum absolute atomic E-state index is 12.7. The zero-order valence-electron chi connectivity index (χ0n) is 17.3. The summed E-state index contributed by atoms with van der Waals surface area (Å²) in [7, 11) is 0. The Morgan fingerprint density at radius 1 is 1.03 bits per heavy atom. The maximum atomic E-state index is 12.7. The van der Waals surface area contributed by atoms with E-state index in [2.05, 4.69) is 34.5 Å². The summed E-state index contributed by atoms with van der Waals surface area (Å²) in [5.74, 6) is 0.646. The Labute approximate surface area is 177 Å². The quantitative estimate of drug-likeness (QED) is 0.643. The first-order chi connectivity index (χ1) is 14.7. The molecule has 1 aliphatic rings. The molecule has 1 atom stereocenters. The Kier molecular flexibility index (Phi) is 6.50. The summed E-state index contributed by atoms with van der Waals surface area (Å²) < 4.78 is 11.5. The van der Waals surface area contributed by atoms with Crippen molar-refractivity contribution in [2.24, 2.45) is 0 Å². The van der Waals surface area contributed by atoms with E-state index in [0.717, 1.165) is 48.4 Å². The Balaban J connectivity index is 1.36. The fourth-order valence-electron chi connectivity index (χ4n) is 3.72. The number of anilines is 1. The standard InChI is InChI=1S/C25H28N2O3/c1-2-23(30-24-9-5-7-20-6-3-4-8-22(20)24)25(28)26-18-19-10-12-21(13-11-19)27-14-16-29-17-15-27/h3-13,23H,2,14-18H2,1H3,(H,26,28). The van der Waals surface area contributed by atoms with Crippen molar-refractivity contribution in [1.29, 1.82) is 0 Å². The fraction of sp³-hybridized carbons (Fsp3) is 0.320. The van der Waals surface area contributed by atoms with Crippen molar-refractivity contribution >= 4 is 22.4 Å². The van der Waals surface area contributed by atoms with Crippen LogP contribution >= 0.6 is 0 Å². The van der Waals surface area contributed by atoms with Gasteiger partial charge in [-0.3, -0.25) is 4.79 Å². The summed E-state index contributed by atoms with van der Waals surface area (Å²) in [6, 6.07) is 22.3. The molecule has 1 aliphatic heterocycles. The van der Waals surface area contributed by atoms with E-state index < -0.39 is 6.10 Å². The lowest BCUT2D eigenvalue weighted by Gasteiger charge is -2.29. The Morgan fingerprint density at radius 2 is 1.77 bits per heavy atom. The van der Waals surface area contributed by atoms with Gasteiger partial charge in [0.15, 0.2) is 6.10 Å². The highest BCUT2D eigenvalue weighted by Gasteiger charge is 2.19. The monoisotopic (exact) mass is 404 g/mol. The Hall–Kier alpha value is -3.05. The molecule has 0 bridgehead atoms. The minimum absolute atomic E-state index is 0.0947. The molecule has 0 aliphatic carbocycles. The van der Waals surface area contributed by atoms with E-state index in [1.54, 1.807) is 0 Å². The largest absolute Gasteiger partial charge is 0.480 e. The van der Waals surface area contributed by atoms with Crippen LogP contribution in [0.3, 0.4) is 0 Å². The predicted molar refractivity (Wildman–Crippen MR) is 120 cm³/mol. The average Bonchev–Trinajstić information content (AvgIpc) is 2.82. The van der Waals surface area contributed by atoms with Crippen molar-refractivity contribution in [3.05, 3.63) is 72.3 Å². The highest BCUT2D eigenvalue weighted by Crippen LogP contribution is 2.26. The molecule has 1 saturated heterocycles. The first-order valence-electron chi connectivity index (χ1n) is 10.6. The van der Waals surface area contributed by atoms with E-state index >= 15 is 0 Å². The third kappa shape index (κ3) is 4.74. The molecule has 5 nitrogen and oxygen atoms in total. The lowest BCUT2D eigenvalue weighted by atomic mass is 10.1. The summed E-state index contributed by atoms with van der Waals surface area (Å²) in [6.45, 7) is 5.82. The molecule has 1 fully saturated rings. The zero-order chi connectivity index (χ0) is 20.8. The molecule has 4 rings (SSSR count). The molecule has 3 aromatic carbocycles. The molecule has 156 valence electrons. The van der Waals surface area contributed by atoms with Crippen molar-refractivity contribution in [2.45, 2.75) is 26.0 Å². The topological polar surface area (TPSA) is 50.8 Å². The van der Waals surface area contributed by atoms with Crippen molar-refractivity contribution in [3.63, 3.8) is 0 Å². The summed E-state index contributed by atoms with van der Waals surface area (Å²) in [6.07, 6.45) is 0.0776. The number of carbonyl (C=O) groups excluding carboxylic acids is 1. The average molecular weight is 405 g/mol. The van der Waals surface area contributed by atoms with E-state index in [9.17, 15) is 4.79 Å². The molecule has 0 saturated carbocycles. The number of hydrogen-bond acceptors (Lipinski definition) is 4. The third-order valence-corrected chi connectivity index (χ3v) is 5.46. The minimum Gasteiger partial charge on any atom is -0.480 e. The van der Waals surface area contributed by atoms with Crippen molar-refractivity contribution in [3.8, 4) is 5.75 Å². The first kappa shape index (κ1) is 20.2. The van der Waals surface area contributed by atoms with Gasteiger partial charge in [0.2, 0.25) is 0 Å². The number of rotatable bonds is 7. The summed E-state index contributed by atoms with van der Waals surface area (Å²) in [5.41, 5.74) is 2.26. The smallest absolute Gasteiger partial charge is 0.261 e. The van der Waals surface area contributed by atoms with Crippen LogP contribution in [-0.4, -0.2) is 38.3 Å². The lowest BCUT2D eigenvalue weighted by Crippen LogP contribution is -2.37. The van der Waals surface area contributed by atoms with Crippen LogP contribution in [0.2, 0.25) is 0 Å². The molecule has 5 heteroatoms. The second-order valence-corrected chi connectivity index (χ2v) is 7.48. The molecule has 1 amide bonds. The van der Waals surface area contributed by atoms with Gasteiger partial charge >= 0.3 is 0 Å². The van der Waals surface area contributed by atoms with E-state index in [1.165, 1.54) is 5.69 Å². The van der Waals surface area contributed by atoms with Crippen molar-refractivity contribution in [1.82, 2.24) is 5.32 Å². The number of hydrogen-bond donors (Lipinski definition) is 1. The maximum Gasteiger partial charge on any atom is 0.261 e. The molecule has 0 aromatic heterocycles. The molecule has 1 heterocycles. The van der Waals surface area contributed by atoms with Crippen LogP contribution in [0.15, 0.2) is 66.7 Å². The second kappa shape index (κ2) is 9.63. The summed E-state index contributed by atoms with van der Waals surface area (Å²) in [4.78, 5) is 15.1. The normalized spacial score (nSPS) is 15.0. The zero-order valence-corrected chi connectivity index (χ0v) is 17.3. The number of nitrogens with zero attached hydrogens (tertiary/aromatic N) is 1. The van der Waals surface area contributed by atoms with Gasteiger partial charge in [-0.25, -0.2) is 0 Å². The first-order valence-corrected chi connectivity index (χ1v) is 10.6. The molecule has 1 N–H and O–H groups in total. The van der Waals surface area contributed by atoms with Crippen molar-refractivity contribution in [2.75, 3.05) is 31.2 Å². The molecule has 0 radical (unpaired) electrons. The molecular weight excluding hydrogens is 376 g/mol. The Morgan fingerprint density at radius 3 is 2.53 bits per heavy atom. The number of morpholine rings is 1. The number of nitrogens with one attached hydrogen (secondary N) is 1. The van der Waals surface area contributed by atoms with Gasteiger partial charge in [-0.05, 0) is 35.6 Å². The lowest BCUT2D eigenvalue weighted by molar-refractivity contribution is -0.128. The minimum atomic E-state index is -0.525. The molecule has 0 spiro atoms. The SMILES string of the molecule is CCC(Oc1cccc2ccccc12)C(=O)NCc1ccc(N2CCOCC2)cc1. The van der Waals surface area contributed by atoms with Crippen LogP contribution in [0.5, 0.6) is 5.75 Å². The van der Waals surface area contributed by atoms with Gasteiger partial charge in [-0.1, -0.05) is 55.5 Å². The number of fused-ring (bicyclic) bond motifs is 1. The van der Waals surface area contributed by atoms with Gasteiger partial charge in [0.1, 0.15) is 5.75 Å². The van der Waals surface area contributed by atoms with Gasteiger partial charge in [0.25, 0.3) is 5.91 Å². The van der Waals surface area contributed by atoms with E-state index in [0.29, 0.717) is 13.0 Å². The third-order valence-electron chi connectivity index (χ3n) is 5.46. The van der Waals surface area contributed by atoms with Gasteiger partial charge in [0.05, 0.1) is 13.2 Å². The van der Waals surface area contributed by atoms with Crippen molar-refractivity contribution < 1.29 is 14.3 Å². The Bertz CT molecular complexity index is 976. The van der Waals surface area contributed by atoms with Crippen LogP contribution in [-0.2, 0) is 16.1 Å². The van der Waals surface area contributed by atoms with Gasteiger partial charge in [0, 0.05) is 30.7 Å². The van der Waals surface area contributed by atoms with Crippen LogP contribution in [0.4, 0.5) is 5.69 Å². The highest BCUT2D eigenvalue weighted by molar-refractivity contribution is 5.89. The van der Waals surface area contributed by atoms with Crippen LogP contribution < -0.4 is 15.0 Å². The van der Waals surface area contributed by atoms with Gasteiger partial charge < -0.3 is 19.7 Å². The summed E-state index contributed by atoms with van der Waals surface area (Å²) in [5, 5.41) is 5.14.